The third-order valence-corrected chi connectivity index (χ3v) is 1.33. The molecule has 0 aromatic rings. The van der Waals surface area contributed by atoms with Gasteiger partial charge in [-0.25, -0.2) is 4.79 Å². The summed E-state index contributed by atoms with van der Waals surface area (Å²) in [6.45, 7) is 9.51. The Balaban J connectivity index is -0.0000000720. The number of Topliss-reactive ketones (excluding diaryl/α,β-unsaturated/α-hetero) is 2. The minimum Gasteiger partial charge on any atom is -0.412 e. The molecule has 0 saturated heterocycles. The predicted octanol–water partition coefficient (Wildman–Crippen LogP) is -2.27. The van der Waals surface area contributed by atoms with Gasteiger partial charge in [0.15, 0.2) is 5.57 Å². The van der Waals surface area contributed by atoms with Gasteiger partial charge in [-0.2, -0.15) is 0 Å². The van der Waals surface area contributed by atoms with Gasteiger partial charge in [-0.3, -0.25) is 9.59 Å². The molecule has 0 radical (unpaired) electrons. The number of hydrogen-bond donors (Lipinski definition) is 0. The Morgan fingerprint density at radius 1 is 0.833 bits per heavy atom. The van der Waals surface area contributed by atoms with Crippen LogP contribution < -0.4 is 0 Å². The van der Waals surface area contributed by atoms with E-state index in [0.717, 1.165) is 0 Å². The van der Waals surface area contributed by atoms with Crippen molar-refractivity contribution >= 4 is 17.5 Å². The van der Waals surface area contributed by atoms with E-state index in [9.17, 15) is 14.4 Å². The molecule has 18 heavy (non-hydrogen) atoms. The molecule has 0 aliphatic carbocycles. The smallest absolute Gasteiger partial charge is 0.203 e. The topological polar surface area (TPSA) is 177 Å². The van der Waals surface area contributed by atoms with E-state index >= 15 is 0 Å². The van der Waals surface area contributed by atoms with E-state index in [-0.39, 0.29) is 54.8 Å². The first-order valence-corrected chi connectivity index (χ1v) is 3.57. The van der Waals surface area contributed by atoms with Crippen LogP contribution >= 0.6 is 0 Å². The molecular weight excluding hydrogens is 280 g/mol. The fraction of sp³-hybridized carbons (Fsp3) is 0.200. The third-order valence-electron chi connectivity index (χ3n) is 1.33. The van der Waals surface area contributed by atoms with Gasteiger partial charge in [0.2, 0.25) is 11.6 Å². The molecule has 7 nitrogen and oxygen atoms in total. The molecule has 0 fully saturated rings. The zero-order chi connectivity index (χ0) is 10.6. The molecule has 0 amide bonds. The maximum absolute atomic E-state index is 11.2. The molecule has 0 aliphatic heterocycles. The van der Waals surface area contributed by atoms with Gasteiger partial charge < -0.3 is 21.9 Å². The molecule has 0 bridgehead atoms. The average Bonchev–Trinajstić information content (AvgIpc) is 2.04. The van der Waals surface area contributed by atoms with E-state index in [4.69, 9.17) is 0 Å². The maximum atomic E-state index is 11.2. The van der Waals surface area contributed by atoms with E-state index < -0.39 is 17.1 Å². The van der Waals surface area contributed by atoms with E-state index in [1.165, 1.54) is 19.8 Å². The summed E-state index contributed by atoms with van der Waals surface area (Å²) in [5.41, 5.74) is -0.263. The van der Waals surface area contributed by atoms with Gasteiger partial charge >= 0.3 is 0 Å². The fourth-order valence-electron chi connectivity index (χ4n) is 0.623. The van der Waals surface area contributed by atoms with E-state index in [1.807, 2.05) is 0 Å². The van der Waals surface area contributed by atoms with Gasteiger partial charge in [-0.1, -0.05) is 13.2 Å². The van der Waals surface area contributed by atoms with Crippen molar-refractivity contribution in [1.29, 1.82) is 0 Å². The number of rotatable bonds is 4. The van der Waals surface area contributed by atoms with Crippen LogP contribution in [0.3, 0.4) is 0 Å². The molecule has 0 aromatic heterocycles. The van der Waals surface area contributed by atoms with Crippen molar-refractivity contribution in [2.45, 2.75) is 13.8 Å². The monoisotopic (exact) mass is 298 g/mol. The van der Waals surface area contributed by atoms with Crippen LogP contribution in [0, 0.1) is 0 Å². The number of ketones is 2. The summed E-state index contributed by atoms with van der Waals surface area (Å²) in [6.07, 6.45) is 0. The average molecular weight is 298 g/mol. The van der Waals surface area contributed by atoms with Crippen molar-refractivity contribution in [2.24, 2.45) is 0 Å². The second-order valence-electron chi connectivity index (χ2n) is 2.70. The molecule has 104 valence electrons. The van der Waals surface area contributed by atoms with Crippen molar-refractivity contribution in [3.8, 4) is 0 Å². The zero-order valence-electron chi connectivity index (χ0n) is 10.1. The van der Waals surface area contributed by atoms with Crippen LogP contribution in [-0.2, 0) is 36.1 Å². The van der Waals surface area contributed by atoms with Gasteiger partial charge in [0, 0.05) is 21.7 Å². The fourth-order valence-corrected chi connectivity index (χ4v) is 0.623. The molecule has 0 saturated carbocycles. The van der Waals surface area contributed by atoms with Crippen molar-refractivity contribution in [2.75, 3.05) is 0 Å². The minimum absolute atomic E-state index is 0. The van der Waals surface area contributed by atoms with Crippen LogP contribution in [0.2, 0.25) is 0 Å². The Hall–Kier alpha value is -1.18. The number of allylic oxidation sites excluding steroid dienone is 3. The van der Waals surface area contributed by atoms with E-state index in [1.54, 1.807) is 0 Å². The standard InChI is InChI=1S/C10H10O3.4H2O.Ti/c1-6(2)9(12)8(5-11)10(13)7(3)4;;;;;/h1,3H2,2,4H3;4*1H2;. The summed E-state index contributed by atoms with van der Waals surface area (Å²) in [5.74, 6) is -0.0454. The molecule has 0 spiro atoms. The van der Waals surface area contributed by atoms with Crippen molar-refractivity contribution in [3.63, 3.8) is 0 Å². The molecule has 0 heterocycles. The van der Waals surface area contributed by atoms with Crippen LogP contribution in [0.5, 0.6) is 0 Å². The maximum Gasteiger partial charge on any atom is 0.203 e. The first kappa shape index (κ1) is 36.0. The van der Waals surface area contributed by atoms with E-state index in [2.05, 4.69) is 13.2 Å². The first-order valence-electron chi connectivity index (χ1n) is 3.57. The van der Waals surface area contributed by atoms with Crippen LogP contribution in [0.4, 0.5) is 0 Å². The Morgan fingerprint density at radius 2 is 1.06 bits per heavy atom. The number of carbonyl (C=O) groups excluding carboxylic acids is 3. The molecule has 0 aromatic carbocycles. The van der Waals surface area contributed by atoms with Crippen LogP contribution in [-0.4, -0.2) is 39.4 Å². The van der Waals surface area contributed by atoms with Crippen molar-refractivity contribution in [1.82, 2.24) is 0 Å². The van der Waals surface area contributed by atoms with Crippen molar-refractivity contribution < 1.29 is 58.0 Å². The minimum atomic E-state index is -0.678. The Kier molecular flexibility index (Phi) is 31.6. The van der Waals surface area contributed by atoms with Gasteiger partial charge in [0.05, 0.1) is 0 Å². The SMILES string of the molecule is C=C(C)C(=O)C(=C=O)C(=O)C(=C)C.O.O.O.O.[Ti]. The summed E-state index contributed by atoms with van der Waals surface area (Å²) in [4.78, 5) is 32.6. The Labute approximate surface area is 119 Å². The van der Waals surface area contributed by atoms with Gasteiger partial charge in [-0.15, -0.1) is 0 Å². The zero-order valence-corrected chi connectivity index (χ0v) is 11.7. The van der Waals surface area contributed by atoms with E-state index in [0.29, 0.717) is 0 Å². The molecular formula is C10H18O7Ti. The van der Waals surface area contributed by atoms with Gasteiger partial charge in [0.25, 0.3) is 0 Å². The van der Waals surface area contributed by atoms with Crippen LogP contribution in [0.15, 0.2) is 29.9 Å². The largest absolute Gasteiger partial charge is 0.412 e. The second kappa shape index (κ2) is 15.8. The first-order chi connectivity index (χ1) is 5.91. The summed E-state index contributed by atoms with van der Waals surface area (Å²) >= 11 is 0. The Bertz CT molecular complexity index is 325. The molecule has 8 N–H and O–H groups in total. The third kappa shape index (κ3) is 10.0. The van der Waals surface area contributed by atoms with Gasteiger partial charge in [-0.05, 0) is 25.0 Å². The van der Waals surface area contributed by atoms with Crippen LogP contribution in [0.1, 0.15) is 13.8 Å². The summed E-state index contributed by atoms with van der Waals surface area (Å²) in [5, 5.41) is 0. The molecule has 0 atom stereocenters. The summed E-state index contributed by atoms with van der Waals surface area (Å²) in [6, 6.07) is 0. The predicted molar refractivity (Wildman–Crippen MR) is 63.3 cm³/mol. The van der Waals surface area contributed by atoms with Crippen LogP contribution in [0.25, 0.3) is 0 Å². The number of carbonyl (C=O) groups is 2. The number of hydrogen-bond acceptors (Lipinski definition) is 3. The second-order valence-corrected chi connectivity index (χ2v) is 2.70. The van der Waals surface area contributed by atoms with Gasteiger partial charge in [0.1, 0.15) is 5.94 Å². The summed E-state index contributed by atoms with van der Waals surface area (Å²) < 4.78 is 0. The van der Waals surface area contributed by atoms with Crippen molar-refractivity contribution in [3.05, 3.63) is 29.9 Å². The molecule has 0 rings (SSSR count). The molecule has 0 unspecified atom stereocenters. The molecule has 0 aliphatic rings. The normalized spacial score (nSPS) is 6.11. The quantitative estimate of drug-likeness (QED) is 0.187. The summed E-state index contributed by atoms with van der Waals surface area (Å²) in [7, 11) is 0. The Morgan fingerprint density at radius 3 is 1.17 bits per heavy atom. The molecule has 8 heteroatoms.